The maximum Gasteiger partial charge on any atom is 0.573 e. The van der Waals surface area contributed by atoms with Crippen LogP contribution in [0.2, 0.25) is 0 Å². The largest absolute Gasteiger partial charge is 0.573 e. The molecule has 0 saturated carbocycles. The van der Waals surface area contributed by atoms with Crippen LogP contribution >= 0.6 is 0 Å². The van der Waals surface area contributed by atoms with Crippen molar-refractivity contribution in [2.24, 2.45) is 0 Å². The highest BCUT2D eigenvalue weighted by Crippen LogP contribution is 2.34. The molecule has 1 fully saturated rings. The molecule has 4 aromatic carbocycles. The number of nitrogens with zero attached hydrogens (tertiary/aromatic N) is 3. The minimum atomic E-state index is -4.73. The van der Waals surface area contributed by atoms with Gasteiger partial charge in [0, 0.05) is 61.1 Å². The van der Waals surface area contributed by atoms with Crippen LogP contribution < -0.4 is 4.74 Å². The number of hydrogen-bond acceptors (Lipinski definition) is 4. The monoisotopic (exact) mass is 577 g/mol. The highest BCUT2D eigenvalue weighted by atomic mass is 19.4. The lowest BCUT2D eigenvalue weighted by Crippen LogP contribution is -2.48. The Morgan fingerprint density at radius 3 is 2.07 bits per heavy atom. The topological polar surface area (TPSA) is 40.9 Å². The molecule has 1 atom stereocenters. The number of rotatable bonds is 8. The molecule has 1 unspecified atom stereocenters. The van der Waals surface area contributed by atoms with Gasteiger partial charge in [-0.2, -0.15) is 0 Å². The summed E-state index contributed by atoms with van der Waals surface area (Å²) in [4.78, 5) is 4.63. The maximum absolute atomic E-state index is 13.2. The van der Waals surface area contributed by atoms with Gasteiger partial charge in [-0.25, -0.2) is 4.39 Å². The molecule has 1 aliphatic rings. The summed E-state index contributed by atoms with van der Waals surface area (Å²) in [6.45, 7) is 5.23. The number of aliphatic hydroxyl groups is 1. The van der Waals surface area contributed by atoms with Gasteiger partial charge in [0.1, 0.15) is 11.6 Å². The van der Waals surface area contributed by atoms with Crippen molar-refractivity contribution in [3.05, 3.63) is 102 Å². The van der Waals surface area contributed by atoms with E-state index in [0.29, 0.717) is 13.1 Å². The average Bonchev–Trinajstić information content (AvgIpc) is 3.27. The van der Waals surface area contributed by atoms with Crippen LogP contribution in [0.1, 0.15) is 5.56 Å². The van der Waals surface area contributed by atoms with Crippen molar-refractivity contribution in [2.45, 2.75) is 25.6 Å². The zero-order valence-corrected chi connectivity index (χ0v) is 22.9. The number of β-amino-alcohol motifs (C(OH)–C–C–N with tert-alkyl or cyclic N) is 1. The third-order valence-corrected chi connectivity index (χ3v) is 7.84. The lowest BCUT2D eigenvalue weighted by Gasteiger charge is -2.35. The van der Waals surface area contributed by atoms with E-state index in [0.717, 1.165) is 71.2 Å². The number of ether oxygens (including phenoxy) is 1. The van der Waals surface area contributed by atoms with Gasteiger partial charge in [0.25, 0.3) is 0 Å². The number of halogens is 4. The molecule has 0 bridgehead atoms. The summed E-state index contributed by atoms with van der Waals surface area (Å²) in [6.07, 6.45) is -5.31. The Kier molecular flexibility index (Phi) is 7.90. The molecular weight excluding hydrogens is 546 g/mol. The normalized spacial score (nSPS) is 15.8. The number of piperazine rings is 1. The molecule has 0 aliphatic carbocycles. The van der Waals surface area contributed by atoms with Crippen LogP contribution in [-0.2, 0) is 13.1 Å². The summed E-state index contributed by atoms with van der Waals surface area (Å²) in [5, 5.41) is 13.2. The molecule has 42 heavy (non-hydrogen) atoms. The second-order valence-electron chi connectivity index (χ2n) is 10.8. The smallest absolute Gasteiger partial charge is 0.406 e. The fraction of sp³-hybridized carbons (Fsp3) is 0.273. The van der Waals surface area contributed by atoms with Crippen molar-refractivity contribution in [3.8, 4) is 16.9 Å². The van der Waals surface area contributed by atoms with E-state index in [1.165, 1.54) is 24.3 Å². The number of aromatic nitrogens is 1. The Morgan fingerprint density at radius 2 is 1.36 bits per heavy atom. The van der Waals surface area contributed by atoms with Gasteiger partial charge in [-0.15, -0.1) is 13.2 Å². The summed E-state index contributed by atoms with van der Waals surface area (Å²) in [5.74, 6) is -0.485. The number of benzene rings is 4. The van der Waals surface area contributed by atoms with Gasteiger partial charge in [0.05, 0.1) is 12.6 Å². The van der Waals surface area contributed by atoms with Gasteiger partial charge in [0.2, 0.25) is 0 Å². The lowest BCUT2D eigenvalue weighted by atomic mass is 10.0. The number of alkyl halides is 3. The molecule has 1 saturated heterocycles. The SMILES string of the molecule is OC(CN1CCN(Cc2ccc(F)cc2)CC1)Cn1c2ccccc2c2cc(-c3ccc(OC(F)(F)F)cc3)ccc21. The zero-order valence-electron chi connectivity index (χ0n) is 22.9. The van der Waals surface area contributed by atoms with Crippen LogP contribution in [0.4, 0.5) is 17.6 Å². The number of hydrogen-bond donors (Lipinski definition) is 1. The fourth-order valence-electron chi connectivity index (χ4n) is 5.82. The number of fused-ring (bicyclic) bond motifs is 3. The molecule has 0 spiro atoms. The molecule has 9 heteroatoms. The molecule has 1 aliphatic heterocycles. The van der Waals surface area contributed by atoms with Crippen LogP contribution in [0.15, 0.2) is 91.0 Å². The van der Waals surface area contributed by atoms with Crippen LogP contribution in [-0.4, -0.2) is 64.7 Å². The van der Waals surface area contributed by atoms with Gasteiger partial charge < -0.3 is 14.4 Å². The molecule has 1 aromatic heterocycles. The predicted molar refractivity (Wildman–Crippen MR) is 156 cm³/mol. The fourth-order valence-corrected chi connectivity index (χ4v) is 5.82. The Balaban J connectivity index is 1.15. The van der Waals surface area contributed by atoms with E-state index in [2.05, 4.69) is 19.1 Å². The van der Waals surface area contributed by atoms with E-state index in [1.807, 2.05) is 54.6 Å². The van der Waals surface area contributed by atoms with E-state index < -0.39 is 12.5 Å². The van der Waals surface area contributed by atoms with Gasteiger partial charge in [-0.05, 0) is 59.2 Å². The molecule has 5 aromatic rings. The van der Waals surface area contributed by atoms with Crippen molar-refractivity contribution in [1.29, 1.82) is 0 Å². The zero-order chi connectivity index (χ0) is 29.3. The minimum Gasteiger partial charge on any atom is -0.406 e. The molecule has 2 heterocycles. The molecule has 5 nitrogen and oxygen atoms in total. The first-order valence-electron chi connectivity index (χ1n) is 14.0. The van der Waals surface area contributed by atoms with Gasteiger partial charge in [-0.1, -0.05) is 48.5 Å². The Labute approximate surface area is 241 Å². The lowest BCUT2D eigenvalue weighted by molar-refractivity contribution is -0.274. The van der Waals surface area contributed by atoms with E-state index in [1.54, 1.807) is 12.1 Å². The molecule has 6 rings (SSSR count). The van der Waals surface area contributed by atoms with Crippen molar-refractivity contribution in [2.75, 3.05) is 32.7 Å². The first-order chi connectivity index (χ1) is 20.2. The molecule has 1 N–H and O–H groups in total. The van der Waals surface area contributed by atoms with Crippen LogP contribution in [0.3, 0.4) is 0 Å². The van der Waals surface area contributed by atoms with E-state index in [4.69, 9.17) is 0 Å². The summed E-state index contributed by atoms with van der Waals surface area (Å²) in [6, 6.07) is 26.5. The average molecular weight is 578 g/mol. The van der Waals surface area contributed by atoms with E-state index in [9.17, 15) is 22.7 Å². The van der Waals surface area contributed by atoms with Crippen molar-refractivity contribution >= 4 is 21.8 Å². The van der Waals surface area contributed by atoms with Crippen molar-refractivity contribution in [3.63, 3.8) is 0 Å². The van der Waals surface area contributed by atoms with Gasteiger partial charge in [-0.3, -0.25) is 9.80 Å². The second kappa shape index (κ2) is 11.8. The molecule has 0 radical (unpaired) electrons. The quantitative estimate of drug-likeness (QED) is 0.209. The Bertz CT molecular complexity index is 1660. The summed E-state index contributed by atoms with van der Waals surface area (Å²) >= 11 is 0. The van der Waals surface area contributed by atoms with Crippen LogP contribution in [0.25, 0.3) is 32.9 Å². The van der Waals surface area contributed by atoms with Crippen molar-refractivity contribution < 1.29 is 27.4 Å². The summed E-state index contributed by atoms with van der Waals surface area (Å²) in [7, 11) is 0. The third-order valence-electron chi connectivity index (χ3n) is 7.84. The Morgan fingerprint density at radius 1 is 0.714 bits per heavy atom. The summed E-state index contributed by atoms with van der Waals surface area (Å²) in [5.41, 5.74) is 4.75. The van der Waals surface area contributed by atoms with Gasteiger partial charge in [0.15, 0.2) is 0 Å². The molecule has 0 amide bonds. The van der Waals surface area contributed by atoms with Gasteiger partial charge >= 0.3 is 6.36 Å². The van der Waals surface area contributed by atoms with Crippen LogP contribution in [0.5, 0.6) is 5.75 Å². The summed E-state index contributed by atoms with van der Waals surface area (Å²) < 4.78 is 57.0. The van der Waals surface area contributed by atoms with E-state index in [-0.39, 0.29) is 11.6 Å². The molecular formula is C33H31F4N3O2. The van der Waals surface area contributed by atoms with Crippen LogP contribution in [0, 0.1) is 5.82 Å². The van der Waals surface area contributed by atoms with E-state index >= 15 is 0 Å². The standard InChI is InChI=1S/C33H31F4N3O2/c34-26-10-5-23(6-11-26)20-38-15-17-39(18-16-38)21-27(41)22-40-31-4-2-1-3-29(31)30-19-25(9-14-32(30)40)24-7-12-28(13-8-24)42-33(35,36)37/h1-14,19,27,41H,15-18,20-22H2. The first-order valence-corrected chi connectivity index (χ1v) is 14.0. The van der Waals surface area contributed by atoms with Crippen molar-refractivity contribution in [1.82, 2.24) is 14.4 Å². The number of para-hydroxylation sites is 1. The first kappa shape index (κ1) is 28.2. The second-order valence-corrected chi connectivity index (χ2v) is 10.8. The maximum atomic E-state index is 13.2. The minimum absolute atomic E-state index is 0.227. The predicted octanol–water partition coefficient (Wildman–Crippen LogP) is 6.68. The Hall–Kier alpha value is -3.92. The number of aliphatic hydroxyl groups excluding tert-OH is 1. The third kappa shape index (κ3) is 6.43. The molecule has 218 valence electrons. The highest BCUT2D eigenvalue weighted by molar-refractivity contribution is 6.09. The highest BCUT2D eigenvalue weighted by Gasteiger charge is 2.31.